The molecule has 0 bridgehead atoms. The average Bonchev–Trinajstić information content (AvgIpc) is 3.22. The summed E-state index contributed by atoms with van der Waals surface area (Å²) in [7, 11) is 0. The van der Waals surface area contributed by atoms with Crippen LogP contribution in [0.5, 0.6) is 0 Å². The molecule has 0 spiro atoms. The highest BCUT2D eigenvalue weighted by atomic mass is 16.5. The molecule has 0 aliphatic carbocycles. The Labute approximate surface area is 161 Å². The molecule has 2 atom stereocenters. The molecule has 0 saturated carbocycles. The number of hydrogen-bond acceptors (Lipinski definition) is 3. The second-order valence-electron chi connectivity index (χ2n) is 8.47. The molecule has 0 radical (unpaired) electrons. The smallest absolute Gasteiger partial charge is 0.232 e. The van der Waals surface area contributed by atoms with Crippen LogP contribution in [0.15, 0.2) is 24.3 Å². The Kier molecular flexibility index (Phi) is 5.22. The second-order valence-corrected chi connectivity index (χ2v) is 8.47. The van der Waals surface area contributed by atoms with Crippen molar-refractivity contribution in [3.63, 3.8) is 0 Å². The van der Waals surface area contributed by atoms with E-state index in [0.717, 1.165) is 56.4 Å². The number of hydrogen-bond donors (Lipinski definition) is 1. The van der Waals surface area contributed by atoms with Gasteiger partial charge in [0.15, 0.2) is 0 Å². The maximum Gasteiger partial charge on any atom is 0.232 e. The molecule has 1 aromatic rings. The predicted octanol–water partition coefficient (Wildman–Crippen LogP) is 2.56. The lowest BCUT2D eigenvalue weighted by Crippen LogP contribution is -2.47. The maximum atomic E-state index is 13.4. The molecule has 3 saturated heterocycles. The molecule has 2 unspecified atom stereocenters. The number of carbonyl (C=O) groups excluding carboxylic acids is 2. The highest BCUT2D eigenvalue weighted by Gasteiger charge is 2.53. The van der Waals surface area contributed by atoms with Crippen LogP contribution in [0.25, 0.3) is 0 Å². The van der Waals surface area contributed by atoms with Crippen molar-refractivity contribution in [2.24, 2.45) is 5.92 Å². The quantitative estimate of drug-likeness (QED) is 0.867. The number of benzene rings is 1. The fraction of sp³-hybridized carbons (Fsp3) is 0.636. The summed E-state index contributed by atoms with van der Waals surface area (Å²) in [5.41, 5.74) is 1.59. The van der Waals surface area contributed by atoms with Gasteiger partial charge in [-0.1, -0.05) is 29.8 Å². The molecule has 1 N–H and O–H groups in total. The van der Waals surface area contributed by atoms with Gasteiger partial charge in [0.05, 0.1) is 5.41 Å². The van der Waals surface area contributed by atoms with Crippen LogP contribution < -0.4 is 5.32 Å². The van der Waals surface area contributed by atoms with Crippen LogP contribution in [0.4, 0.5) is 0 Å². The van der Waals surface area contributed by atoms with Gasteiger partial charge in [0.2, 0.25) is 11.8 Å². The fourth-order valence-electron chi connectivity index (χ4n) is 5.02. The van der Waals surface area contributed by atoms with Crippen LogP contribution in [0, 0.1) is 12.8 Å². The van der Waals surface area contributed by atoms with Crippen molar-refractivity contribution >= 4 is 11.8 Å². The number of ether oxygens (including phenoxy) is 1. The lowest BCUT2D eigenvalue weighted by Gasteiger charge is -2.30. The van der Waals surface area contributed by atoms with Gasteiger partial charge in [-0.15, -0.1) is 0 Å². The molecule has 0 aromatic heterocycles. The van der Waals surface area contributed by atoms with Crippen molar-refractivity contribution in [3.8, 4) is 0 Å². The molecular weight excluding hydrogens is 340 g/mol. The average molecular weight is 370 g/mol. The van der Waals surface area contributed by atoms with Gasteiger partial charge in [-0.3, -0.25) is 9.59 Å². The van der Waals surface area contributed by atoms with E-state index in [1.165, 1.54) is 0 Å². The van der Waals surface area contributed by atoms with Crippen molar-refractivity contribution in [2.75, 3.05) is 26.3 Å². The lowest BCUT2D eigenvalue weighted by atomic mass is 9.76. The summed E-state index contributed by atoms with van der Waals surface area (Å²) in [5, 5.41) is 3.22. The summed E-state index contributed by atoms with van der Waals surface area (Å²) in [6, 6.07) is 8.45. The molecule has 2 amide bonds. The fourth-order valence-corrected chi connectivity index (χ4v) is 5.02. The van der Waals surface area contributed by atoms with Gasteiger partial charge >= 0.3 is 0 Å². The molecule has 3 fully saturated rings. The van der Waals surface area contributed by atoms with Crippen LogP contribution in [0.3, 0.4) is 0 Å². The van der Waals surface area contributed by atoms with Crippen LogP contribution in [-0.4, -0.2) is 49.1 Å². The van der Waals surface area contributed by atoms with Crippen LogP contribution in [-0.2, 0) is 19.7 Å². The van der Waals surface area contributed by atoms with E-state index in [2.05, 4.69) is 30.4 Å². The predicted molar refractivity (Wildman–Crippen MR) is 103 cm³/mol. The Morgan fingerprint density at radius 2 is 2.11 bits per heavy atom. The first-order chi connectivity index (χ1) is 13.1. The number of carbonyl (C=O) groups is 2. The van der Waals surface area contributed by atoms with E-state index in [1.807, 2.05) is 11.0 Å². The molecule has 3 aliphatic heterocycles. The summed E-state index contributed by atoms with van der Waals surface area (Å²) >= 11 is 0. The third-order valence-corrected chi connectivity index (χ3v) is 6.66. The number of nitrogens with one attached hydrogen (secondary N) is 1. The number of nitrogens with zero attached hydrogens (tertiary/aromatic N) is 1. The number of fused-ring (bicyclic) bond motifs is 1. The third-order valence-electron chi connectivity index (χ3n) is 6.66. The van der Waals surface area contributed by atoms with Gasteiger partial charge in [0.1, 0.15) is 0 Å². The van der Waals surface area contributed by atoms with Crippen LogP contribution in [0.2, 0.25) is 0 Å². The van der Waals surface area contributed by atoms with E-state index in [4.69, 9.17) is 4.74 Å². The number of amides is 2. The molecule has 3 heterocycles. The Morgan fingerprint density at radius 3 is 2.85 bits per heavy atom. The van der Waals surface area contributed by atoms with E-state index >= 15 is 0 Å². The number of rotatable bonds is 5. The van der Waals surface area contributed by atoms with Crippen molar-refractivity contribution in [3.05, 3.63) is 35.4 Å². The molecule has 5 heteroatoms. The molecule has 146 valence electrons. The highest BCUT2D eigenvalue weighted by Crippen LogP contribution is 2.43. The van der Waals surface area contributed by atoms with Gasteiger partial charge in [0, 0.05) is 38.8 Å². The Morgan fingerprint density at radius 1 is 1.30 bits per heavy atom. The molecule has 27 heavy (non-hydrogen) atoms. The minimum Gasteiger partial charge on any atom is -0.381 e. The zero-order chi connectivity index (χ0) is 18.9. The topological polar surface area (TPSA) is 58.6 Å². The summed E-state index contributed by atoms with van der Waals surface area (Å²) in [4.78, 5) is 27.6. The SMILES string of the molecule is Cc1cccc(C2(C(=O)NCCC3CCOCC3)CC3CCC(=O)N3C2)c1. The zero-order valence-electron chi connectivity index (χ0n) is 16.2. The van der Waals surface area contributed by atoms with Gasteiger partial charge in [-0.05, 0) is 50.5 Å². The van der Waals surface area contributed by atoms with E-state index in [9.17, 15) is 9.59 Å². The van der Waals surface area contributed by atoms with Gasteiger partial charge in [-0.25, -0.2) is 0 Å². The molecule has 1 aromatic carbocycles. The zero-order valence-corrected chi connectivity index (χ0v) is 16.2. The molecule has 3 aliphatic rings. The Bertz CT molecular complexity index is 713. The summed E-state index contributed by atoms with van der Waals surface area (Å²) in [5.74, 6) is 0.925. The standard InChI is InChI=1S/C22H30N2O3/c1-16-3-2-4-18(13-16)22(14-19-5-6-20(25)24(19)15-22)21(26)23-10-7-17-8-11-27-12-9-17/h2-4,13,17,19H,5-12,14-15H2,1H3,(H,23,26). The van der Waals surface area contributed by atoms with Crippen LogP contribution in [0.1, 0.15) is 49.7 Å². The largest absolute Gasteiger partial charge is 0.381 e. The Balaban J connectivity index is 1.50. The second kappa shape index (κ2) is 7.63. The van der Waals surface area contributed by atoms with E-state index < -0.39 is 5.41 Å². The van der Waals surface area contributed by atoms with Crippen molar-refractivity contribution < 1.29 is 14.3 Å². The first-order valence-corrected chi connectivity index (χ1v) is 10.3. The Hall–Kier alpha value is -1.88. The van der Waals surface area contributed by atoms with E-state index in [1.54, 1.807) is 0 Å². The van der Waals surface area contributed by atoms with Gasteiger partial charge in [0.25, 0.3) is 0 Å². The highest BCUT2D eigenvalue weighted by molar-refractivity contribution is 5.91. The normalized spacial score (nSPS) is 28.4. The minimum atomic E-state index is -0.609. The molecule has 5 nitrogen and oxygen atoms in total. The third kappa shape index (κ3) is 3.62. The minimum absolute atomic E-state index is 0.0855. The molecule has 4 rings (SSSR count). The lowest BCUT2D eigenvalue weighted by molar-refractivity contribution is -0.129. The summed E-state index contributed by atoms with van der Waals surface area (Å²) < 4.78 is 5.42. The summed E-state index contributed by atoms with van der Waals surface area (Å²) in [6.07, 6.45) is 5.42. The molecular formula is C22H30N2O3. The first-order valence-electron chi connectivity index (χ1n) is 10.3. The van der Waals surface area contributed by atoms with Crippen molar-refractivity contribution in [1.82, 2.24) is 10.2 Å². The van der Waals surface area contributed by atoms with Crippen LogP contribution >= 0.6 is 0 Å². The van der Waals surface area contributed by atoms with E-state index in [0.29, 0.717) is 25.4 Å². The van der Waals surface area contributed by atoms with Crippen molar-refractivity contribution in [2.45, 2.75) is 56.9 Å². The maximum absolute atomic E-state index is 13.4. The van der Waals surface area contributed by atoms with Gasteiger partial charge < -0.3 is 15.0 Å². The first kappa shape index (κ1) is 18.5. The van der Waals surface area contributed by atoms with Gasteiger partial charge in [-0.2, -0.15) is 0 Å². The number of aryl methyl sites for hydroxylation is 1. The van der Waals surface area contributed by atoms with Crippen molar-refractivity contribution in [1.29, 1.82) is 0 Å². The monoisotopic (exact) mass is 370 g/mol. The summed E-state index contributed by atoms with van der Waals surface area (Å²) in [6.45, 7) is 4.95. The van der Waals surface area contributed by atoms with E-state index in [-0.39, 0.29) is 17.9 Å².